The number of carbonyl (C=O) groups excluding carboxylic acids is 1. The van der Waals surface area contributed by atoms with Gasteiger partial charge in [-0.05, 0) is 34.6 Å². The smallest absolute Gasteiger partial charge is 0.410 e. The lowest BCUT2D eigenvalue weighted by molar-refractivity contribution is 0.00701. The van der Waals surface area contributed by atoms with Crippen LogP contribution in [0.3, 0.4) is 0 Å². The molecule has 1 aliphatic heterocycles. The summed E-state index contributed by atoms with van der Waals surface area (Å²) in [5.74, 6) is 1.71. The Morgan fingerprint density at radius 2 is 2.12 bits per heavy atom. The number of amides is 1. The molecule has 1 aromatic heterocycles. The Labute approximate surface area is 165 Å². The fraction of sp³-hybridized carbons (Fsp3) is 0.733. The van der Waals surface area contributed by atoms with E-state index in [0.717, 1.165) is 6.54 Å². The second-order valence-electron chi connectivity index (χ2n) is 6.66. The van der Waals surface area contributed by atoms with Crippen LogP contribution in [-0.4, -0.2) is 58.4 Å². The van der Waals surface area contributed by atoms with Crippen molar-refractivity contribution >= 4 is 36.0 Å². The zero-order chi connectivity index (χ0) is 17.7. The average molecular weight is 466 g/mol. The van der Waals surface area contributed by atoms with E-state index in [4.69, 9.17) is 9.26 Å². The van der Waals surface area contributed by atoms with Crippen molar-refractivity contribution in [2.24, 2.45) is 4.99 Å². The van der Waals surface area contributed by atoms with E-state index in [1.54, 1.807) is 11.8 Å². The van der Waals surface area contributed by atoms with Crippen LogP contribution in [-0.2, 0) is 11.3 Å². The molecule has 0 atom stereocenters. The molecule has 2 N–H and O–H groups in total. The van der Waals surface area contributed by atoms with Crippen LogP contribution >= 0.6 is 24.0 Å². The lowest BCUT2D eigenvalue weighted by Crippen LogP contribution is -2.63. The largest absolute Gasteiger partial charge is 0.444 e. The Hall–Kier alpha value is -1.59. The van der Waals surface area contributed by atoms with Crippen molar-refractivity contribution in [1.29, 1.82) is 0 Å². The van der Waals surface area contributed by atoms with Crippen LogP contribution in [0.25, 0.3) is 0 Å². The zero-order valence-electron chi connectivity index (χ0n) is 15.3. The number of halogens is 1. The highest BCUT2D eigenvalue weighted by molar-refractivity contribution is 14.0. The van der Waals surface area contributed by atoms with E-state index in [1.807, 2.05) is 27.7 Å². The molecule has 10 heteroatoms. The Kier molecular flexibility index (Phi) is 7.90. The zero-order valence-corrected chi connectivity index (χ0v) is 17.7. The number of ether oxygens (including phenoxy) is 1. The maximum absolute atomic E-state index is 11.9. The Balaban J connectivity index is 0.00000312. The highest BCUT2D eigenvalue weighted by Gasteiger charge is 2.34. The first-order chi connectivity index (χ1) is 11.3. The number of hydrogen-bond donors (Lipinski definition) is 2. The molecular formula is C15H27IN6O3. The van der Waals surface area contributed by atoms with E-state index in [0.29, 0.717) is 37.3 Å². The predicted octanol–water partition coefficient (Wildman–Crippen LogP) is 1.67. The first kappa shape index (κ1) is 21.5. The van der Waals surface area contributed by atoms with E-state index in [-0.39, 0.29) is 36.1 Å². The van der Waals surface area contributed by atoms with Gasteiger partial charge < -0.3 is 24.8 Å². The number of aromatic nitrogens is 2. The summed E-state index contributed by atoms with van der Waals surface area (Å²) in [5.41, 5.74) is -0.478. The number of likely N-dealkylation sites (tertiary alicyclic amines) is 1. The lowest BCUT2D eigenvalue weighted by atomic mass is 10.1. The molecule has 1 fully saturated rings. The van der Waals surface area contributed by atoms with Gasteiger partial charge in [0.15, 0.2) is 11.8 Å². The molecule has 25 heavy (non-hydrogen) atoms. The molecule has 1 amide bonds. The predicted molar refractivity (Wildman–Crippen MR) is 104 cm³/mol. The van der Waals surface area contributed by atoms with Crippen molar-refractivity contribution in [1.82, 2.24) is 25.7 Å². The number of carbonyl (C=O) groups is 1. The highest BCUT2D eigenvalue weighted by Crippen LogP contribution is 2.15. The van der Waals surface area contributed by atoms with Gasteiger partial charge in [-0.1, -0.05) is 5.16 Å². The Morgan fingerprint density at radius 3 is 2.64 bits per heavy atom. The van der Waals surface area contributed by atoms with E-state index in [2.05, 4.69) is 25.8 Å². The van der Waals surface area contributed by atoms with Gasteiger partial charge in [0.05, 0.1) is 6.04 Å². The number of nitrogens with one attached hydrogen (secondary N) is 2. The van der Waals surface area contributed by atoms with Crippen molar-refractivity contribution in [2.75, 3.05) is 19.6 Å². The maximum atomic E-state index is 11.9. The summed E-state index contributed by atoms with van der Waals surface area (Å²) < 4.78 is 10.4. The third-order valence-corrected chi connectivity index (χ3v) is 3.16. The monoisotopic (exact) mass is 466 g/mol. The van der Waals surface area contributed by atoms with Crippen LogP contribution in [0.1, 0.15) is 39.4 Å². The highest BCUT2D eigenvalue weighted by atomic mass is 127. The molecule has 0 aliphatic carbocycles. The van der Waals surface area contributed by atoms with E-state index in [9.17, 15) is 4.79 Å². The van der Waals surface area contributed by atoms with Gasteiger partial charge in [0.2, 0.25) is 5.89 Å². The second kappa shape index (κ2) is 9.20. The summed E-state index contributed by atoms with van der Waals surface area (Å²) in [6.45, 7) is 11.5. The van der Waals surface area contributed by atoms with Crippen molar-refractivity contribution in [2.45, 2.75) is 52.8 Å². The molecule has 2 rings (SSSR count). The van der Waals surface area contributed by atoms with Crippen molar-refractivity contribution in [3.8, 4) is 0 Å². The van der Waals surface area contributed by atoms with E-state index < -0.39 is 5.60 Å². The van der Waals surface area contributed by atoms with E-state index in [1.165, 1.54) is 0 Å². The minimum Gasteiger partial charge on any atom is -0.444 e. The van der Waals surface area contributed by atoms with Gasteiger partial charge in [-0.3, -0.25) is 0 Å². The molecule has 0 bridgehead atoms. The van der Waals surface area contributed by atoms with E-state index >= 15 is 0 Å². The fourth-order valence-electron chi connectivity index (χ4n) is 2.11. The summed E-state index contributed by atoms with van der Waals surface area (Å²) in [7, 11) is 0. The minimum atomic E-state index is -0.478. The first-order valence-corrected chi connectivity index (χ1v) is 8.09. The molecule has 0 saturated carbocycles. The Bertz CT molecular complexity index is 592. The van der Waals surface area contributed by atoms with Crippen LogP contribution < -0.4 is 10.6 Å². The Morgan fingerprint density at radius 1 is 1.44 bits per heavy atom. The quantitative estimate of drug-likeness (QED) is 0.395. The molecule has 2 heterocycles. The number of aryl methyl sites for hydroxylation is 1. The van der Waals surface area contributed by atoms with Gasteiger partial charge in [0.25, 0.3) is 0 Å². The number of aliphatic imine (C=N–C) groups is 1. The topological polar surface area (TPSA) is 105 Å². The summed E-state index contributed by atoms with van der Waals surface area (Å²) in [6, 6.07) is 0.139. The molecule has 1 aliphatic rings. The number of hydrogen-bond acceptors (Lipinski definition) is 6. The van der Waals surface area contributed by atoms with Crippen LogP contribution in [0, 0.1) is 6.92 Å². The minimum absolute atomic E-state index is 0. The lowest BCUT2D eigenvalue weighted by Gasteiger charge is -2.40. The maximum Gasteiger partial charge on any atom is 0.410 e. The standard InChI is InChI=1S/C15H26N6O3.HI/c1-6-16-13(17-7-12-18-10(2)20-24-12)19-11-8-21(9-11)14(22)23-15(3,4)5;/h11H,6-9H2,1-5H3,(H2,16,17,19);1H. The number of nitrogens with zero attached hydrogens (tertiary/aromatic N) is 4. The molecule has 9 nitrogen and oxygen atoms in total. The molecular weight excluding hydrogens is 439 g/mol. The van der Waals surface area contributed by atoms with Crippen molar-refractivity contribution in [3.05, 3.63) is 11.7 Å². The second-order valence-corrected chi connectivity index (χ2v) is 6.66. The van der Waals surface area contributed by atoms with Crippen LogP contribution in [0.4, 0.5) is 4.79 Å². The summed E-state index contributed by atoms with van der Waals surface area (Å²) in [5, 5.41) is 10.2. The van der Waals surface area contributed by atoms with Gasteiger partial charge in [0, 0.05) is 19.6 Å². The van der Waals surface area contributed by atoms with Gasteiger partial charge in [-0.15, -0.1) is 24.0 Å². The fourth-order valence-corrected chi connectivity index (χ4v) is 2.11. The summed E-state index contributed by atoms with van der Waals surface area (Å²) in [4.78, 5) is 22.1. The third-order valence-electron chi connectivity index (χ3n) is 3.16. The van der Waals surface area contributed by atoms with Gasteiger partial charge in [-0.25, -0.2) is 9.79 Å². The molecule has 142 valence electrons. The van der Waals surface area contributed by atoms with Crippen LogP contribution in [0.15, 0.2) is 9.52 Å². The molecule has 1 aromatic rings. The molecule has 0 radical (unpaired) electrons. The van der Waals surface area contributed by atoms with Gasteiger partial charge in [0.1, 0.15) is 12.1 Å². The SMILES string of the molecule is CCNC(=NCc1nc(C)no1)NC1CN(C(=O)OC(C)(C)C)C1.I. The first-order valence-electron chi connectivity index (χ1n) is 8.09. The summed E-state index contributed by atoms with van der Waals surface area (Å²) >= 11 is 0. The van der Waals surface area contributed by atoms with Crippen LogP contribution in [0.2, 0.25) is 0 Å². The normalized spacial score (nSPS) is 15.2. The third kappa shape index (κ3) is 7.04. The molecule has 0 aromatic carbocycles. The number of guanidine groups is 1. The van der Waals surface area contributed by atoms with Gasteiger partial charge in [-0.2, -0.15) is 4.98 Å². The molecule has 1 saturated heterocycles. The summed E-state index contributed by atoms with van der Waals surface area (Å²) in [6.07, 6.45) is -0.288. The van der Waals surface area contributed by atoms with Crippen LogP contribution in [0.5, 0.6) is 0 Å². The van der Waals surface area contributed by atoms with Crippen molar-refractivity contribution < 1.29 is 14.1 Å². The average Bonchev–Trinajstić information content (AvgIpc) is 2.83. The molecule has 0 spiro atoms. The van der Waals surface area contributed by atoms with Crippen molar-refractivity contribution in [3.63, 3.8) is 0 Å². The number of rotatable bonds is 4. The van der Waals surface area contributed by atoms with Gasteiger partial charge >= 0.3 is 6.09 Å². The molecule has 0 unspecified atom stereocenters.